The minimum absolute atomic E-state index is 0.703. The van der Waals surface area contributed by atoms with Gasteiger partial charge in [0.2, 0.25) is 6.39 Å². The third-order valence-corrected chi connectivity index (χ3v) is 3.61. The summed E-state index contributed by atoms with van der Waals surface area (Å²) < 4.78 is 4.70. The first-order chi connectivity index (χ1) is 7.88. The van der Waals surface area contributed by atoms with Crippen LogP contribution >= 0.6 is 0 Å². The van der Waals surface area contributed by atoms with Gasteiger partial charge in [-0.2, -0.15) is 4.98 Å². The molecule has 1 aliphatic rings. The van der Waals surface area contributed by atoms with Gasteiger partial charge in [0, 0.05) is 19.0 Å². The summed E-state index contributed by atoms with van der Waals surface area (Å²) in [6.45, 7) is 3.26. The van der Waals surface area contributed by atoms with Gasteiger partial charge in [-0.1, -0.05) is 18.5 Å². The van der Waals surface area contributed by atoms with Crippen LogP contribution in [0.3, 0.4) is 0 Å². The normalized spacial score (nSPS) is 25.8. The fourth-order valence-electron chi connectivity index (χ4n) is 2.47. The summed E-state index contributed by atoms with van der Waals surface area (Å²) in [4.78, 5) is 4.01. The molecular formula is C12H21N3O. The van der Waals surface area contributed by atoms with Gasteiger partial charge in [0.05, 0.1) is 0 Å². The second kappa shape index (κ2) is 5.99. The summed E-state index contributed by atoms with van der Waals surface area (Å²) in [6, 6.07) is 0.703. The van der Waals surface area contributed by atoms with Crippen molar-refractivity contribution in [3.63, 3.8) is 0 Å². The monoisotopic (exact) mass is 223 g/mol. The molecule has 0 unspecified atom stereocenters. The van der Waals surface area contributed by atoms with Gasteiger partial charge >= 0.3 is 0 Å². The van der Waals surface area contributed by atoms with Crippen molar-refractivity contribution in [1.82, 2.24) is 15.5 Å². The second-order valence-electron chi connectivity index (χ2n) is 4.68. The number of hydrogen-bond donors (Lipinski definition) is 1. The van der Waals surface area contributed by atoms with Gasteiger partial charge in [-0.3, -0.25) is 0 Å². The number of nitrogens with one attached hydrogen (secondary N) is 1. The van der Waals surface area contributed by atoms with Gasteiger partial charge in [0.25, 0.3) is 0 Å². The molecule has 1 fully saturated rings. The quantitative estimate of drug-likeness (QED) is 0.831. The molecular weight excluding hydrogens is 202 g/mol. The smallest absolute Gasteiger partial charge is 0.213 e. The highest BCUT2D eigenvalue weighted by atomic mass is 16.5. The molecule has 0 bridgehead atoms. The maximum absolute atomic E-state index is 4.70. The molecule has 1 aliphatic carbocycles. The van der Waals surface area contributed by atoms with Crippen molar-refractivity contribution in [1.29, 1.82) is 0 Å². The van der Waals surface area contributed by atoms with Crippen LogP contribution in [-0.4, -0.2) is 22.7 Å². The second-order valence-corrected chi connectivity index (χ2v) is 4.68. The summed E-state index contributed by atoms with van der Waals surface area (Å²) in [6.07, 6.45) is 9.02. The van der Waals surface area contributed by atoms with E-state index in [2.05, 4.69) is 22.4 Å². The molecule has 16 heavy (non-hydrogen) atoms. The summed E-state index contributed by atoms with van der Waals surface area (Å²) in [7, 11) is 0. The minimum atomic E-state index is 0.703. The van der Waals surface area contributed by atoms with Crippen molar-refractivity contribution in [2.24, 2.45) is 5.92 Å². The molecule has 0 radical (unpaired) electrons. The number of aromatic nitrogens is 2. The molecule has 0 spiro atoms. The zero-order valence-electron chi connectivity index (χ0n) is 9.98. The Balaban J connectivity index is 1.60. The van der Waals surface area contributed by atoms with Gasteiger partial charge < -0.3 is 9.84 Å². The molecule has 90 valence electrons. The molecule has 0 aromatic carbocycles. The fourth-order valence-corrected chi connectivity index (χ4v) is 2.47. The Bertz CT molecular complexity index is 278. The van der Waals surface area contributed by atoms with E-state index in [1.54, 1.807) is 0 Å². The van der Waals surface area contributed by atoms with E-state index < -0.39 is 0 Å². The molecule has 1 saturated carbocycles. The first-order valence-electron chi connectivity index (χ1n) is 6.37. The maximum atomic E-state index is 4.70. The van der Waals surface area contributed by atoms with Crippen LogP contribution in [0.4, 0.5) is 0 Å². The molecule has 0 aliphatic heterocycles. The number of nitrogens with zero attached hydrogens (tertiary/aromatic N) is 2. The standard InChI is InChI=1S/C12H21N3O/c1-2-10-3-5-11(6-4-10)13-8-7-12-14-9-16-15-12/h9-11,13H,2-8H2,1H3. The molecule has 0 atom stereocenters. The van der Waals surface area contributed by atoms with Crippen LogP contribution in [0.2, 0.25) is 0 Å². The van der Waals surface area contributed by atoms with E-state index in [4.69, 9.17) is 4.52 Å². The first-order valence-corrected chi connectivity index (χ1v) is 6.37. The van der Waals surface area contributed by atoms with Gasteiger partial charge in [-0.05, 0) is 31.6 Å². The number of rotatable bonds is 5. The number of hydrogen-bond acceptors (Lipinski definition) is 4. The Hall–Kier alpha value is -0.900. The Morgan fingerprint density at radius 2 is 2.19 bits per heavy atom. The van der Waals surface area contributed by atoms with Crippen molar-refractivity contribution in [3.8, 4) is 0 Å². The van der Waals surface area contributed by atoms with Crippen LogP contribution in [0.5, 0.6) is 0 Å². The van der Waals surface area contributed by atoms with Gasteiger partial charge in [-0.15, -0.1) is 0 Å². The predicted octanol–water partition coefficient (Wildman–Crippen LogP) is 2.17. The lowest BCUT2D eigenvalue weighted by molar-refractivity contribution is 0.286. The van der Waals surface area contributed by atoms with Crippen molar-refractivity contribution in [2.45, 2.75) is 51.5 Å². The lowest BCUT2D eigenvalue weighted by atomic mass is 9.84. The maximum Gasteiger partial charge on any atom is 0.213 e. The highest BCUT2D eigenvalue weighted by molar-refractivity contribution is 4.81. The predicted molar refractivity (Wildman–Crippen MR) is 62.0 cm³/mol. The Labute approximate surface area is 96.8 Å². The van der Waals surface area contributed by atoms with Gasteiger partial charge in [0.1, 0.15) is 0 Å². The molecule has 1 aromatic heterocycles. The summed E-state index contributed by atoms with van der Waals surface area (Å²) in [5.74, 6) is 1.77. The lowest BCUT2D eigenvalue weighted by Gasteiger charge is -2.28. The zero-order valence-corrected chi connectivity index (χ0v) is 9.98. The van der Waals surface area contributed by atoms with Crippen LogP contribution in [-0.2, 0) is 6.42 Å². The topological polar surface area (TPSA) is 51.0 Å². The Kier molecular flexibility index (Phi) is 4.34. The van der Waals surface area contributed by atoms with Crippen LogP contribution in [0.1, 0.15) is 44.9 Å². The molecule has 1 aromatic rings. The van der Waals surface area contributed by atoms with E-state index in [0.29, 0.717) is 6.04 Å². The van der Waals surface area contributed by atoms with E-state index in [0.717, 1.165) is 24.7 Å². The third-order valence-electron chi connectivity index (χ3n) is 3.61. The zero-order chi connectivity index (χ0) is 11.2. The van der Waals surface area contributed by atoms with Crippen molar-refractivity contribution in [2.75, 3.05) is 6.54 Å². The Morgan fingerprint density at radius 1 is 1.38 bits per heavy atom. The third kappa shape index (κ3) is 3.30. The molecule has 4 heteroatoms. The summed E-state index contributed by atoms with van der Waals surface area (Å²) in [5.41, 5.74) is 0. The summed E-state index contributed by atoms with van der Waals surface area (Å²) in [5, 5.41) is 7.38. The van der Waals surface area contributed by atoms with Crippen LogP contribution in [0.25, 0.3) is 0 Å². The molecule has 0 saturated heterocycles. The van der Waals surface area contributed by atoms with Crippen LogP contribution in [0.15, 0.2) is 10.9 Å². The highest BCUT2D eigenvalue weighted by Gasteiger charge is 2.19. The average Bonchev–Trinajstić information content (AvgIpc) is 2.83. The largest absolute Gasteiger partial charge is 0.343 e. The average molecular weight is 223 g/mol. The first kappa shape index (κ1) is 11.6. The van der Waals surface area contributed by atoms with Crippen LogP contribution in [0, 0.1) is 5.92 Å². The van der Waals surface area contributed by atoms with E-state index in [-0.39, 0.29) is 0 Å². The highest BCUT2D eigenvalue weighted by Crippen LogP contribution is 2.26. The van der Waals surface area contributed by atoms with E-state index >= 15 is 0 Å². The van der Waals surface area contributed by atoms with Gasteiger partial charge in [-0.25, -0.2) is 0 Å². The molecule has 0 amide bonds. The van der Waals surface area contributed by atoms with E-state index in [1.165, 1.54) is 38.5 Å². The van der Waals surface area contributed by atoms with E-state index in [9.17, 15) is 0 Å². The van der Waals surface area contributed by atoms with Crippen molar-refractivity contribution >= 4 is 0 Å². The van der Waals surface area contributed by atoms with Crippen molar-refractivity contribution in [3.05, 3.63) is 12.2 Å². The van der Waals surface area contributed by atoms with Crippen molar-refractivity contribution < 1.29 is 4.52 Å². The fraction of sp³-hybridized carbons (Fsp3) is 0.833. The summed E-state index contributed by atoms with van der Waals surface area (Å²) >= 11 is 0. The molecule has 2 rings (SSSR count). The molecule has 1 heterocycles. The minimum Gasteiger partial charge on any atom is -0.343 e. The molecule has 4 nitrogen and oxygen atoms in total. The molecule has 1 N–H and O–H groups in total. The van der Waals surface area contributed by atoms with E-state index in [1.807, 2.05) is 0 Å². The lowest BCUT2D eigenvalue weighted by Crippen LogP contribution is -2.34. The Morgan fingerprint density at radius 3 is 2.81 bits per heavy atom. The van der Waals surface area contributed by atoms with Crippen LogP contribution < -0.4 is 5.32 Å². The van der Waals surface area contributed by atoms with Gasteiger partial charge in [0.15, 0.2) is 5.82 Å². The SMILES string of the molecule is CCC1CCC(NCCc2ncon2)CC1.